The van der Waals surface area contributed by atoms with Crippen molar-refractivity contribution in [3.05, 3.63) is 69.5 Å². The molecule has 0 aliphatic carbocycles. The number of carbonyl (C=O) groups is 1. The van der Waals surface area contributed by atoms with Crippen molar-refractivity contribution in [2.24, 2.45) is 0 Å². The van der Waals surface area contributed by atoms with Crippen molar-refractivity contribution in [1.29, 1.82) is 0 Å². The standard InChI is InChI=1S/C19H19FN4O2/c1-12-9-18(25)24-17(21-12)10-16(22-24)13-5-4-8-23(11-13)19(26)14-6-2-3-7-15(14)20/h2-3,6-7,9-10,13,22H,4-5,8,11H2,1H3. The molecule has 0 spiro atoms. The van der Waals surface area contributed by atoms with Gasteiger partial charge in [-0.25, -0.2) is 13.9 Å². The highest BCUT2D eigenvalue weighted by Gasteiger charge is 2.28. The smallest absolute Gasteiger partial charge is 0.272 e. The van der Waals surface area contributed by atoms with Crippen molar-refractivity contribution in [2.75, 3.05) is 13.1 Å². The molecule has 26 heavy (non-hydrogen) atoms. The Hall–Kier alpha value is -2.96. The zero-order valence-corrected chi connectivity index (χ0v) is 14.4. The highest BCUT2D eigenvalue weighted by molar-refractivity contribution is 5.94. The van der Waals surface area contributed by atoms with Crippen LogP contribution in [0.2, 0.25) is 0 Å². The molecule has 0 radical (unpaired) electrons. The van der Waals surface area contributed by atoms with E-state index in [9.17, 15) is 14.0 Å². The summed E-state index contributed by atoms with van der Waals surface area (Å²) in [6, 6.07) is 9.37. The molecule has 0 bridgehead atoms. The second-order valence-electron chi connectivity index (χ2n) is 6.71. The van der Waals surface area contributed by atoms with E-state index in [1.54, 1.807) is 24.0 Å². The fourth-order valence-corrected chi connectivity index (χ4v) is 3.56. The predicted molar refractivity (Wildman–Crippen MR) is 94.8 cm³/mol. The van der Waals surface area contributed by atoms with E-state index in [2.05, 4.69) is 10.1 Å². The van der Waals surface area contributed by atoms with Gasteiger partial charge in [0, 0.05) is 42.5 Å². The van der Waals surface area contributed by atoms with Crippen LogP contribution in [0.25, 0.3) is 5.65 Å². The minimum Gasteiger partial charge on any atom is -0.338 e. The van der Waals surface area contributed by atoms with Gasteiger partial charge in [0.05, 0.1) is 5.56 Å². The third kappa shape index (κ3) is 2.89. The number of likely N-dealkylation sites (tertiary alicyclic amines) is 1. The Morgan fingerprint density at radius 1 is 1.31 bits per heavy atom. The fourth-order valence-electron chi connectivity index (χ4n) is 3.56. The first-order chi connectivity index (χ1) is 12.5. The molecule has 1 atom stereocenters. The predicted octanol–water partition coefficient (Wildman–Crippen LogP) is 2.49. The first kappa shape index (κ1) is 16.5. The van der Waals surface area contributed by atoms with Crippen molar-refractivity contribution >= 4 is 11.6 Å². The lowest BCUT2D eigenvalue weighted by molar-refractivity contribution is 0.0701. The van der Waals surface area contributed by atoms with E-state index in [0.717, 1.165) is 18.5 Å². The summed E-state index contributed by atoms with van der Waals surface area (Å²) in [6.07, 6.45) is 1.71. The summed E-state index contributed by atoms with van der Waals surface area (Å²) in [7, 11) is 0. The second kappa shape index (κ2) is 6.40. The van der Waals surface area contributed by atoms with Crippen LogP contribution >= 0.6 is 0 Å². The van der Waals surface area contributed by atoms with Crippen LogP contribution in [0.1, 0.15) is 40.5 Å². The van der Waals surface area contributed by atoms with E-state index >= 15 is 0 Å². The van der Waals surface area contributed by atoms with Crippen LogP contribution in [0, 0.1) is 12.7 Å². The van der Waals surface area contributed by atoms with E-state index in [1.807, 2.05) is 6.07 Å². The maximum atomic E-state index is 13.9. The number of aromatic amines is 1. The first-order valence-corrected chi connectivity index (χ1v) is 8.66. The van der Waals surface area contributed by atoms with Crippen LogP contribution < -0.4 is 5.56 Å². The minimum atomic E-state index is -0.503. The lowest BCUT2D eigenvalue weighted by Gasteiger charge is -2.32. The lowest BCUT2D eigenvalue weighted by atomic mass is 9.94. The lowest BCUT2D eigenvalue weighted by Crippen LogP contribution is -2.39. The highest BCUT2D eigenvalue weighted by Crippen LogP contribution is 2.27. The van der Waals surface area contributed by atoms with Crippen LogP contribution in [0.5, 0.6) is 0 Å². The molecule has 1 aliphatic heterocycles. The summed E-state index contributed by atoms with van der Waals surface area (Å²) in [5.74, 6) is -0.743. The summed E-state index contributed by atoms with van der Waals surface area (Å²) in [5, 5.41) is 3.10. The third-order valence-corrected chi connectivity index (χ3v) is 4.85. The molecule has 1 N–H and O–H groups in total. The zero-order chi connectivity index (χ0) is 18.3. The van der Waals surface area contributed by atoms with Crippen LogP contribution in [0.3, 0.4) is 0 Å². The molecule has 3 heterocycles. The summed E-state index contributed by atoms with van der Waals surface area (Å²) >= 11 is 0. The Morgan fingerprint density at radius 3 is 2.92 bits per heavy atom. The monoisotopic (exact) mass is 354 g/mol. The number of carbonyl (C=O) groups excluding carboxylic acids is 1. The van der Waals surface area contributed by atoms with Gasteiger partial charge in [0.25, 0.3) is 11.5 Å². The number of benzene rings is 1. The quantitative estimate of drug-likeness (QED) is 0.769. The maximum absolute atomic E-state index is 13.9. The summed E-state index contributed by atoms with van der Waals surface area (Å²) < 4.78 is 15.4. The van der Waals surface area contributed by atoms with Gasteiger partial charge >= 0.3 is 0 Å². The molecule has 1 amide bonds. The van der Waals surface area contributed by atoms with Gasteiger partial charge in [0.2, 0.25) is 0 Å². The number of rotatable bonds is 2. The molecule has 6 nitrogen and oxygen atoms in total. The van der Waals surface area contributed by atoms with Crippen LogP contribution in [0.15, 0.2) is 41.2 Å². The van der Waals surface area contributed by atoms with E-state index < -0.39 is 5.82 Å². The van der Waals surface area contributed by atoms with Crippen LogP contribution in [0.4, 0.5) is 4.39 Å². The topological polar surface area (TPSA) is 70.5 Å². The number of amides is 1. The van der Waals surface area contributed by atoms with E-state index in [4.69, 9.17) is 0 Å². The Kier molecular flexibility index (Phi) is 4.06. The van der Waals surface area contributed by atoms with E-state index in [-0.39, 0.29) is 22.9 Å². The largest absolute Gasteiger partial charge is 0.338 e. The normalized spacial score (nSPS) is 17.6. The van der Waals surface area contributed by atoms with Gasteiger partial charge < -0.3 is 4.90 Å². The molecule has 3 aromatic rings. The number of H-pyrrole nitrogens is 1. The van der Waals surface area contributed by atoms with Crippen molar-refractivity contribution < 1.29 is 9.18 Å². The van der Waals surface area contributed by atoms with Crippen molar-refractivity contribution in [3.8, 4) is 0 Å². The molecule has 1 unspecified atom stereocenters. The molecule has 1 aliphatic rings. The Bertz CT molecular complexity index is 1040. The molecule has 1 fully saturated rings. The van der Waals surface area contributed by atoms with E-state index in [0.29, 0.717) is 24.4 Å². The molecule has 1 saturated heterocycles. The molecule has 4 rings (SSSR count). The number of aromatic nitrogens is 3. The third-order valence-electron chi connectivity index (χ3n) is 4.85. The number of nitrogens with zero attached hydrogens (tertiary/aromatic N) is 3. The first-order valence-electron chi connectivity index (χ1n) is 8.66. The number of nitrogens with one attached hydrogen (secondary N) is 1. The molecular formula is C19H19FN4O2. The van der Waals surface area contributed by atoms with Crippen molar-refractivity contribution in [2.45, 2.75) is 25.7 Å². The number of fused-ring (bicyclic) bond motifs is 1. The number of halogens is 1. The van der Waals surface area contributed by atoms with Crippen LogP contribution in [-0.4, -0.2) is 38.5 Å². The Balaban J connectivity index is 1.61. The van der Waals surface area contributed by atoms with Gasteiger partial charge in [0.15, 0.2) is 5.65 Å². The average molecular weight is 354 g/mol. The van der Waals surface area contributed by atoms with Gasteiger partial charge in [-0.15, -0.1) is 0 Å². The van der Waals surface area contributed by atoms with Gasteiger partial charge in [-0.1, -0.05) is 12.1 Å². The Labute approximate surface area is 149 Å². The number of aryl methyl sites for hydroxylation is 1. The molecule has 2 aromatic heterocycles. The highest BCUT2D eigenvalue weighted by atomic mass is 19.1. The zero-order valence-electron chi connectivity index (χ0n) is 14.4. The summed E-state index contributed by atoms with van der Waals surface area (Å²) in [5.41, 5.74) is 2.04. The number of hydrogen-bond acceptors (Lipinski definition) is 3. The van der Waals surface area contributed by atoms with Gasteiger partial charge in [-0.3, -0.25) is 14.7 Å². The van der Waals surface area contributed by atoms with Crippen molar-refractivity contribution in [1.82, 2.24) is 19.5 Å². The minimum absolute atomic E-state index is 0.0564. The summed E-state index contributed by atoms with van der Waals surface area (Å²) in [4.78, 5) is 30.8. The molecule has 0 saturated carbocycles. The Morgan fingerprint density at radius 2 is 2.12 bits per heavy atom. The van der Waals surface area contributed by atoms with Gasteiger partial charge in [-0.2, -0.15) is 0 Å². The maximum Gasteiger partial charge on any atom is 0.272 e. The summed E-state index contributed by atoms with van der Waals surface area (Å²) in [6.45, 7) is 2.86. The van der Waals surface area contributed by atoms with Crippen LogP contribution in [-0.2, 0) is 0 Å². The van der Waals surface area contributed by atoms with Gasteiger partial charge in [-0.05, 0) is 31.9 Å². The average Bonchev–Trinajstić information content (AvgIpc) is 3.06. The van der Waals surface area contributed by atoms with E-state index in [1.165, 1.54) is 22.7 Å². The fraction of sp³-hybridized carbons (Fsp3) is 0.316. The molecule has 1 aromatic carbocycles. The number of piperidine rings is 1. The number of hydrogen-bond donors (Lipinski definition) is 1. The second-order valence-corrected chi connectivity index (χ2v) is 6.71. The molecule has 7 heteroatoms. The SMILES string of the molecule is Cc1cc(=O)n2[nH]c(C3CCCN(C(=O)c4ccccc4F)C3)cc2n1. The molecular weight excluding hydrogens is 335 g/mol. The molecule has 134 valence electrons. The van der Waals surface area contributed by atoms with Crippen molar-refractivity contribution in [3.63, 3.8) is 0 Å². The van der Waals surface area contributed by atoms with Gasteiger partial charge in [0.1, 0.15) is 5.82 Å².